The van der Waals surface area contributed by atoms with Gasteiger partial charge in [-0.05, 0) is 12.1 Å². The monoisotopic (exact) mass is 197 g/mol. The molecule has 4 nitrogen and oxygen atoms in total. The van der Waals surface area contributed by atoms with Gasteiger partial charge in [-0.3, -0.25) is 4.79 Å². The molecule has 14 heavy (non-hydrogen) atoms. The van der Waals surface area contributed by atoms with E-state index in [2.05, 4.69) is 0 Å². The van der Waals surface area contributed by atoms with Gasteiger partial charge in [0.2, 0.25) is 6.10 Å². The van der Waals surface area contributed by atoms with Gasteiger partial charge in [0, 0.05) is 0 Å². The van der Waals surface area contributed by atoms with Gasteiger partial charge < -0.3 is 15.2 Å². The fraction of sp³-hybridized carbons (Fsp3) is 0.222. The van der Waals surface area contributed by atoms with E-state index in [-0.39, 0.29) is 18.1 Å². The van der Waals surface area contributed by atoms with E-state index >= 15 is 0 Å². The van der Waals surface area contributed by atoms with E-state index in [9.17, 15) is 9.18 Å². The fourth-order valence-corrected chi connectivity index (χ4v) is 1.21. The Labute approximate surface area is 79.4 Å². The van der Waals surface area contributed by atoms with Gasteiger partial charge in [-0.15, -0.1) is 0 Å². The van der Waals surface area contributed by atoms with Crippen LogP contribution >= 0.6 is 0 Å². The molecule has 0 fully saturated rings. The molecule has 0 radical (unpaired) electrons. The number of fused-ring (bicyclic) bond motifs is 1. The maximum absolute atomic E-state index is 13.1. The van der Waals surface area contributed by atoms with E-state index in [1.165, 1.54) is 18.2 Å². The Morgan fingerprint density at radius 1 is 1.57 bits per heavy atom. The third-order valence-corrected chi connectivity index (χ3v) is 1.90. The molecule has 1 amide bonds. The van der Waals surface area contributed by atoms with Crippen molar-refractivity contribution in [2.75, 3.05) is 6.61 Å². The van der Waals surface area contributed by atoms with Crippen LogP contribution in [0.1, 0.15) is 0 Å². The van der Waals surface area contributed by atoms with Crippen molar-refractivity contribution in [2.24, 2.45) is 5.73 Å². The average molecular weight is 197 g/mol. The summed E-state index contributed by atoms with van der Waals surface area (Å²) in [5.74, 6) is -0.893. The lowest BCUT2D eigenvalue weighted by Gasteiger charge is -2.24. The summed E-state index contributed by atoms with van der Waals surface area (Å²) in [6.45, 7) is -0.0523. The topological polar surface area (TPSA) is 61.6 Å². The maximum Gasteiger partial charge on any atom is 0.262 e. The Morgan fingerprint density at radius 3 is 3.07 bits per heavy atom. The van der Waals surface area contributed by atoms with Gasteiger partial charge in [0.1, 0.15) is 6.61 Å². The molecule has 0 bridgehead atoms. The van der Waals surface area contributed by atoms with Crippen LogP contribution in [0.4, 0.5) is 4.39 Å². The van der Waals surface area contributed by atoms with Crippen LogP contribution in [0.3, 0.4) is 0 Å². The highest BCUT2D eigenvalue weighted by Gasteiger charge is 2.27. The molecule has 1 heterocycles. The van der Waals surface area contributed by atoms with Gasteiger partial charge in [0.05, 0.1) is 0 Å². The van der Waals surface area contributed by atoms with Crippen molar-refractivity contribution in [1.29, 1.82) is 0 Å². The molecule has 1 aliphatic heterocycles. The summed E-state index contributed by atoms with van der Waals surface area (Å²) in [7, 11) is 0. The number of carbonyl (C=O) groups excluding carboxylic acids is 1. The van der Waals surface area contributed by atoms with Crippen LogP contribution in [0.25, 0.3) is 0 Å². The Balaban J connectivity index is 2.31. The highest BCUT2D eigenvalue weighted by atomic mass is 19.1. The first-order valence-electron chi connectivity index (χ1n) is 4.06. The van der Waals surface area contributed by atoms with Gasteiger partial charge in [-0.1, -0.05) is 6.07 Å². The second-order valence-corrected chi connectivity index (χ2v) is 2.89. The van der Waals surface area contributed by atoms with E-state index in [1.807, 2.05) is 0 Å². The molecule has 1 aliphatic rings. The first-order valence-corrected chi connectivity index (χ1v) is 4.06. The number of hydrogen-bond acceptors (Lipinski definition) is 3. The zero-order chi connectivity index (χ0) is 10.1. The molecule has 74 valence electrons. The lowest BCUT2D eigenvalue weighted by molar-refractivity contribution is -0.127. The molecule has 0 spiro atoms. The number of hydrogen-bond donors (Lipinski definition) is 1. The average Bonchev–Trinajstić information content (AvgIpc) is 2.17. The number of para-hydroxylation sites is 1. The number of nitrogens with two attached hydrogens (primary N) is 1. The normalized spacial score (nSPS) is 19.1. The van der Waals surface area contributed by atoms with Crippen LogP contribution < -0.4 is 15.2 Å². The number of rotatable bonds is 1. The van der Waals surface area contributed by atoms with Crippen molar-refractivity contribution in [3.63, 3.8) is 0 Å². The molecule has 0 aliphatic carbocycles. The number of primary amides is 1. The van der Waals surface area contributed by atoms with Crippen LogP contribution in [0.15, 0.2) is 18.2 Å². The molecule has 1 aromatic carbocycles. The minimum Gasteiger partial charge on any atom is -0.482 e. The first-order chi connectivity index (χ1) is 6.68. The smallest absolute Gasteiger partial charge is 0.262 e. The van der Waals surface area contributed by atoms with Gasteiger partial charge in [0.15, 0.2) is 17.3 Å². The molecular weight excluding hydrogens is 189 g/mol. The molecule has 1 aromatic rings. The van der Waals surface area contributed by atoms with Gasteiger partial charge in [0.25, 0.3) is 5.91 Å². The lowest BCUT2D eigenvalue weighted by Crippen LogP contribution is -2.41. The summed E-state index contributed by atoms with van der Waals surface area (Å²) in [6, 6.07) is 4.25. The lowest BCUT2D eigenvalue weighted by atomic mass is 10.2. The van der Waals surface area contributed by atoms with Crippen molar-refractivity contribution in [2.45, 2.75) is 6.10 Å². The summed E-state index contributed by atoms with van der Waals surface area (Å²) >= 11 is 0. The zero-order valence-corrected chi connectivity index (χ0v) is 7.20. The molecule has 1 atom stereocenters. The molecule has 0 aromatic heterocycles. The third-order valence-electron chi connectivity index (χ3n) is 1.90. The highest BCUT2D eigenvalue weighted by molar-refractivity contribution is 5.79. The summed E-state index contributed by atoms with van der Waals surface area (Å²) < 4.78 is 23.2. The van der Waals surface area contributed by atoms with E-state index < -0.39 is 17.8 Å². The van der Waals surface area contributed by atoms with Crippen molar-refractivity contribution in [1.82, 2.24) is 0 Å². The number of carbonyl (C=O) groups is 1. The molecular formula is C9H8FNO3. The fourth-order valence-electron chi connectivity index (χ4n) is 1.21. The Kier molecular flexibility index (Phi) is 1.99. The number of halogens is 1. The number of ether oxygens (including phenoxy) is 2. The van der Waals surface area contributed by atoms with Crippen LogP contribution in [0.2, 0.25) is 0 Å². The molecule has 2 N–H and O–H groups in total. The van der Waals surface area contributed by atoms with Crippen LogP contribution in [-0.4, -0.2) is 18.6 Å². The Hall–Kier alpha value is -1.78. The third kappa shape index (κ3) is 1.37. The summed E-state index contributed by atoms with van der Waals surface area (Å²) in [4.78, 5) is 10.8. The summed E-state index contributed by atoms with van der Waals surface area (Å²) in [6.07, 6.45) is -0.843. The molecule has 0 saturated heterocycles. The second kappa shape index (κ2) is 3.17. The van der Waals surface area contributed by atoms with Crippen molar-refractivity contribution >= 4 is 5.91 Å². The van der Waals surface area contributed by atoms with Gasteiger partial charge in [-0.2, -0.15) is 0 Å². The van der Waals surface area contributed by atoms with Gasteiger partial charge in [-0.25, -0.2) is 4.39 Å². The predicted octanol–water partition coefficient (Wildman–Crippen LogP) is 0.451. The van der Waals surface area contributed by atoms with Crippen LogP contribution in [0.5, 0.6) is 11.5 Å². The van der Waals surface area contributed by atoms with E-state index in [4.69, 9.17) is 15.2 Å². The largest absolute Gasteiger partial charge is 0.482 e. The van der Waals surface area contributed by atoms with E-state index in [1.54, 1.807) is 0 Å². The Bertz CT molecular complexity index is 380. The van der Waals surface area contributed by atoms with E-state index in [0.717, 1.165) is 0 Å². The van der Waals surface area contributed by atoms with Crippen LogP contribution in [0, 0.1) is 5.82 Å². The van der Waals surface area contributed by atoms with Crippen molar-refractivity contribution in [3.8, 4) is 11.5 Å². The minimum atomic E-state index is -0.843. The SMILES string of the molecule is NC(=O)[C@H]1COc2c(F)cccc2O1. The number of amides is 1. The van der Waals surface area contributed by atoms with E-state index in [0.29, 0.717) is 0 Å². The van der Waals surface area contributed by atoms with Crippen molar-refractivity contribution in [3.05, 3.63) is 24.0 Å². The highest BCUT2D eigenvalue weighted by Crippen LogP contribution is 2.33. The quantitative estimate of drug-likeness (QED) is 0.711. The predicted molar refractivity (Wildman–Crippen MR) is 45.5 cm³/mol. The minimum absolute atomic E-state index is 0.0324. The zero-order valence-electron chi connectivity index (χ0n) is 7.20. The van der Waals surface area contributed by atoms with Crippen LogP contribution in [-0.2, 0) is 4.79 Å². The molecule has 5 heteroatoms. The molecule has 2 rings (SSSR count). The van der Waals surface area contributed by atoms with Gasteiger partial charge >= 0.3 is 0 Å². The summed E-state index contributed by atoms with van der Waals surface area (Å²) in [5, 5.41) is 0. The maximum atomic E-state index is 13.1. The number of benzene rings is 1. The standard InChI is InChI=1S/C9H8FNO3/c10-5-2-1-3-6-8(5)13-4-7(14-6)9(11)12/h1-3,7H,4H2,(H2,11,12)/t7-/m1/s1. The second-order valence-electron chi connectivity index (χ2n) is 2.89. The summed E-state index contributed by atoms with van der Waals surface area (Å²) in [5.41, 5.74) is 5.02. The first kappa shape index (κ1) is 8.80. The van der Waals surface area contributed by atoms with Crippen molar-refractivity contribution < 1.29 is 18.7 Å². The molecule has 0 saturated carbocycles. The molecule has 0 unspecified atom stereocenters. The Morgan fingerprint density at radius 2 is 2.36 bits per heavy atom.